The van der Waals surface area contributed by atoms with E-state index in [-0.39, 0.29) is 4.90 Å². The Morgan fingerprint density at radius 1 is 1.05 bits per heavy atom. The molecule has 3 N–H and O–H groups in total. The van der Waals surface area contributed by atoms with Gasteiger partial charge in [-0.1, -0.05) is 23.9 Å². The monoisotopic (exact) mass is 316 g/mol. The molecular formula is C13H11F3N2O2S. The predicted octanol–water partition coefficient (Wildman–Crippen LogP) is 2.24. The first-order valence-electron chi connectivity index (χ1n) is 5.85. The van der Waals surface area contributed by atoms with Crippen molar-refractivity contribution in [2.45, 2.75) is 11.4 Å². The zero-order valence-corrected chi connectivity index (χ0v) is 11.5. The van der Waals surface area contributed by atoms with Crippen LogP contribution in [0.2, 0.25) is 0 Å². The maximum absolute atomic E-state index is 13.5. The number of hydrogen-bond donors (Lipinski definition) is 1. The van der Waals surface area contributed by atoms with E-state index in [0.717, 1.165) is 6.07 Å². The van der Waals surface area contributed by atoms with Gasteiger partial charge in [-0.3, -0.25) is 0 Å². The summed E-state index contributed by atoms with van der Waals surface area (Å²) < 4.78 is 66.7. The van der Waals surface area contributed by atoms with Gasteiger partial charge in [0.05, 0.1) is 11.4 Å². The second kappa shape index (κ2) is 5.74. The molecule has 0 spiro atoms. The van der Waals surface area contributed by atoms with E-state index in [1.165, 1.54) is 18.2 Å². The molecule has 0 saturated heterocycles. The zero-order chi connectivity index (χ0) is 15.6. The van der Waals surface area contributed by atoms with Crippen molar-refractivity contribution < 1.29 is 27.3 Å². The molecule has 4 nitrogen and oxygen atoms in total. The Balaban J connectivity index is 2.40. The summed E-state index contributed by atoms with van der Waals surface area (Å²) >= 11 is 0. The van der Waals surface area contributed by atoms with Crippen LogP contribution in [0.25, 0.3) is 4.72 Å². The number of hydrogen-bond acceptors (Lipinski definition) is 2. The predicted molar refractivity (Wildman–Crippen MR) is 69.6 cm³/mol. The summed E-state index contributed by atoms with van der Waals surface area (Å²) in [5.41, 5.74) is 3.49. The number of nitrogens with zero attached hydrogens (tertiary/aromatic N) is 1. The average Bonchev–Trinajstić information content (AvgIpc) is 2.48. The third-order valence-corrected chi connectivity index (χ3v) is 4.01. The number of quaternary nitrogens is 1. The minimum Gasteiger partial charge on any atom is -0.570 e. The minimum absolute atomic E-state index is 0.173. The molecule has 0 bridgehead atoms. The first-order valence-corrected chi connectivity index (χ1v) is 7.29. The van der Waals surface area contributed by atoms with Crippen LogP contribution in [-0.4, -0.2) is 8.42 Å². The Labute approximate surface area is 119 Å². The smallest absolute Gasteiger partial charge is 0.193 e. The second-order valence-corrected chi connectivity index (χ2v) is 5.76. The molecule has 0 amide bonds. The van der Waals surface area contributed by atoms with Gasteiger partial charge in [0, 0.05) is 5.56 Å². The Morgan fingerprint density at radius 2 is 1.76 bits per heavy atom. The summed E-state index contributed by atoms with van der Waals surface area (Å²) in [6.07, 6.45) is 0. The van der Waals surface area contributed by atoms with Crippen molar-refractivity contribution in [3.8, 4) is 0 Å². The van der Waals surface area contributed by atoms with Gasteiger partial charge < -0.3 is 10.5 Å². The molecule has 0 unspecified atom stereocenters. The van der Waals surface area contributed by atoms with Crippen molar-refractivity contribution in [1.82, 2.24) is 0 Å². The van der Waals surface area contributed by atoms with Gasteiger partial charge in [-0.2, -0.15) is 0 Å². The third kappa shape index (κ3) is 3.17. The van der Waals surface area contributed by atoms with Crippen molar-refractivity contribution in [2.24, 2.45) is 0 Å². The van der Waals surface area contributed by atoms with E-state index in [2.05, 4.69) is 10.5 Å². The molecule has 2 aromatic rings. The molecular weight excluding hydrogens is 305 g/mol. The largest absolute Gasteiger partial charge is 0.570 e. The van der Waals surface area contributed by atoms with Gasteiger partial charge in [0.2, 0.25) is 0 Å². The molecule has 0 aliphatic heterocycles. The summed E-state index contributed by atoms with van der Waals surface area (Å²) in [5.74, 6) is -4.83. The van der Waals surface area contributed by atoms with E-state index in [1.807, 2.05) is 0 Å². The highest BCUT2D eigenvalue weighted by Gasteiger charge is 2.12. The summed E-state index contributed by atoms with van der Waals surface area (Å²) in [4.78, 5) is -0.173. The maximum atomic E-state index is 13.5. The van der Waals surface area contributed by atoms with Gasteiger partial charge in [-0.15, -0.1) is 0 Å². The van der Waals surface area contributed by atoms with Crippen LogP contribution in [0.15, 0.2) is 41.3 Å². The molecule has 0 saturated carbocycles. The van der Waals surface area contributed by atoms with Crippen LogP contribution in [0.4, 0.5) is 18.9 Å². The third-order valence-electron chi connectivity index (χ3n) is 2.72. The van der Waals surface area contributed by atoms with Gasteiger partial charge in [-0.05, 0) is 18.2 Å². The van der Waals surface area contributed by atoms with E-state index in [9.17, 15) is 21.6 Å². The van der Waals surface area contributed by atoms with Gasteiger partial charge in [0.15, 0.2) is 11.6 Å². The molecule has 0 radical (unpaired) electrons. The van der Waals surface area contributed by atoms with Crippen LogP contribution >= 0.6 is 0 Å². The van der Waals surface area contributed by atoms with Crippen molar-refractivity contribution in [3.05, 3.63) is 64.1 Å². The lowest BCUT2D eigenvalue weighted by atomic mass is 10.2. The topological polar surface area (TPSA) is 75.9 Å². The summed E-state index contributed by atoms with van der Waals surface area (Å²) in [6, 6.07) is 7.14. The Hall–Kier alpha value is -2.06. The van der Waals surface area contributed by atoms with E-state index in [4.69, 9.17) is 0 Å². The molecule has 0 atom stereocenters. The minimum atomic E-state index is -4.23. The number of sulfonamides is 1. The number of halogens is 3. The maximum Gasteiger partial charge on any atom is 0.193 e. The molecule has 0 aliphatic carbocycles. The fraction of sp³-hybridized carbons (Fsp3) is 0.0769. The van der Waals surface area contributed by atoms with Gasteiger partial charge >= 0.3 is 0 Å². The summed E-state index contributed by atoms with van der Waals surface area (Å²) in [6.45, 7) is 0.364. The SMILES string of the molecule is [NH3+]Cc1cccc(S(=O)(=O)[N-]c2ccc(F)c(F)c2F)c1. The Bertz CT molecular complexity index is 779. The van der Waals surface area contributed by atoms with Crippen molar-refractivity contribution >= 4 is 15.7 Å². The van der Waals surface area contributed by atoms with Crippen molar-refractivity contribution in [3.63, 3.8) is 0 Å². The van der Waals surface area contributed by atoms with E-state index < -0.39 is 33.2 Å². The molecule has 0 heterocycles. The van der Waals surface area contributed by atoms with Crippen LogP contribution in [0.5, 0.6) is 0 Å². The Morgan fingerprint density at radius 3 is 2.43 bits per heavy atom. The average molecular weight is 316 g/mol. The van der Waals surface area contributed by atoms with E-state index in [0.29, 0.717) is 18.2 Å². The van der Waals surface area contributed by atoms with E-state index in [1.54, 1.807) is 6.07 Å². The fourth-order valence-corrected chi connectivity index (χ4v) is 2.69. The number of rotatable bonds is 4. The molecule has 8 heteroatoms. The Kier molecular flexibility index (Phi) is 4.19. The van der Waals surface area contributed by atoms with Crippen LogP contribution in [-0.2, 0) is 16.6 Å². The molecule has 2 aromatic carbocycles. The van der Waals surface area contributed by atoms with Crippen molar-refractivity contribution in [2.75, 3.05) is 0 Å². The molecule has 0 aliphatic rings. The fourth-order valence-electron chi connectivity index (χ4n) is 1.63. The summed E-state index contributed by atoms with van der Waals surface area (Å²) in [7, 11) is -4.23. The van der Waals surface area contributed by atoms with Crippen LogP contribution < -0.4 is 5.73 Å². The second-order valence-electron chi connectivity index (χ2n) is 4.16. The first kappa shape index (κ1) is 15.3. The molecule has 2 rings (SSSR count). The first-order chi connectivity index (χ1) is 9.85. The quantitative estimate of drug-likeness (QED) is 0.878. The van der Waals surface area contributed by atoms with Crippen LogP contribution in [0.3, 0.4) is 0 Å². The lowest BCUT2D eigenvalue weighted by Crippen LogP contribution is -2.47. The zero-order valence-electron chi connectivity index (χ0n) is 10.7. The number of benzene rings is 2. The standard InChI is InChI=1S/C13H10F3N2O2S/c14-10-4-5-11(13(16)12(10)15)18-21(19,20)9-3-1-2-8(6-9)7-17/h1-6H,7,17H2/q-1/p+1. The van der Waals surface area contributed by atoms with Gasteiger partial charge in [0.1, 0.15) is 15.8 Å². The lowest BCUT2D eigenvalue weighted by molar-refractivity contribution is -0.386. The van der Waals surface area contributed by atoms with Crippen LogP contribution in [0.1, 0.15) is 5.56 Å². The van der Waals surface area contributed by atoms with Crippen LogP contribution in [0, 0.1) is 17.5 Å². The lowest BCUT2D eigenvalue weighted by Gasteiger charge is -2.22. The molecule has 21 heavy (non-hydrogen) atoms. The highest BCUT2D eigenvalue weighted by molar-refractivity contribution is 7.94. The summed E-state index contributed by atoms with van der Waals surface area (Å²) in [5, 5.41) is 0. The highest BCUT2D eigenvalue weighted by Crippen LogP contribution is 2.32. The van der Waals surface area contributed by atoms with E-state index >= 15 is 0 Å². The van der Waals surface area contributed by atoms with Crippen molar-refractivity contribution in [1.29, 1.82) is 0 Å². The molecule has 112 valence electrons. The van der Waals surface area contributed by atoms with Gasteiger partial charge in [-0.25, -0.2) is 21.6 Å². The normalized spacial score (nSPS) is 11.4. The molecule has 0 fully saturated rings. The molecule has 0 aromatic heterocycles. The highest BCUT2D eigenvalue weighted by atomic mass is 32.2. The van der Waals surface area contributed by atoms with Gasteiger partial charge in [0.25, 0.3) is 0 Å².